The number of aromatic carboxylic acids is 1. The number of carboxylic acid groups (broad SMARTS) is 1. The Morgan fingerprint density at radius 1 is 0.920 bits per heavy atom. The van der Waals surface area contributed by atoms with E-state index in [0.29, 0.717) is 5.52 Å². The molecule has 2 aliphatic carbocycles. The second-order valence-corrected chi connectivity index (χ2v) is 20.3. The number of allylic oxidation sites excluding steroid dienone is 4. The topological polar surface area (TPSA) is 276 Å². The molecular formula is C54H62FN5O15. The molecule has 5 bridgehead atoms. The summed E-state index contributed by atoms with van der Waals surface area (Å²) in [6.07, 6.45) is 5.86. The number of carbonyl (C=O) groups is 4. The number of hydrogen-bond donors (Lipinski definition) is 6. The molecule has 1 amide bonds. The monoisotopic (exact) mass is 1040 g/mol. The summed E-state index contributed by atoms with van der Waals surface area (Å²) >= 11 is 0. The van der Waals surface area contributed by atoms with Crippen molar-refractivity contribution in [2.75, 3.05) is 48.4 Å². The van der Waals surface area contributed by atoms with Crippen molar-refractivity contribution in [2.24, 2.45) is 28.8 Å². The predicted octanol–water partition coefficient (Wildman–Crippen LogP) is 6.80. The molecule has 75 heavy (non-hydrogen) atoms. The van der Waals surface area contributed by atoms with Crippen LogP contribution in [0, 0.1) is 34.4 Å². The highest BCUT2D eigenvalue weighted by atomic mass is 19.1. The van der Waals surface area contributed by atoms with Crippen molar-refractivity contribution in [2.45, 2.75) is 104 Å². The second-order valence-electron chi connectivity index (χ2n) is 20.3. The van der Waals surface area contributed by atoms with Gasteiger partial charge in [-0.3, -0.25) is 19.2 Å². The standard InChI is InChI=1S/C54H62FN5O15/c1-24-11-10-12-25(2)52(68)56-41-42(59-18-16-58(17-19-59)36-22-35-32(21-34(36)55)46(65)33(53(69)70)23-60(35)31-13-14-31)48(67)38-39(47(41)66)45(64)29(6)50-40(38)51(57-71)54(8,75-50)73-20-15-37(72-9)26(3)49(74-30(7)61)28(5)44(63)27(4)43(24)62/h10-12,15,20-24,26-28,31,37,43-44,49,62-63,66-67H,13-14,16-19H2,1-9H3,(H,56,68)(H,69,70)/b11-10+,20-15+,25-12-/t24-,26+,27+,28+,37-,43-,44+,49+,54-/m0/s1. The number of nitrogens with zero attached hydrogens (tertiary/aromatic N) is 4. The minimum Gasteiger partial charge on any atom is -0.505 e. The van der Waals surface area contributed by atoms with Crippen LogP contribution in [-0.2, 0) is 28.5 Å². The maximum Gasteiger partial charge on any atom is 0.341 e. The summed E-state index contributed by atoms with van der Waals surface area (Å²) in [5, 5.41) is 63.8. The maximum absolute atomic E-state index is 16.2. The molecule has 1 aromatic heterocycles. The number of pyridine rings is 1. The Morgan fingerprint density at radius 3 is 2.20 bits per heavy atom. The molecule has 0 radical (unpaired) electrons. The molecule has 20 nitrogen and oxygen atoms in total. The Morgan fingerprint density at radius 2 is 1.59 bits per heavy atom. The number of amides is 1. The van der Waals surface area contributed by atoms with Crippen molar-refractivity contribution in [1.29, 1.82) is 0 Å². The van der Waals surface area contributed by atoms with Gasteiger partial charge in [-0.2, -0.15) is 0 Å². The Kier molecular flexibility index (Phi) is 14.9. The van der Waals surface area contributed by atoms with E-state index < -0.39 is 117 Å². The lowest BCUT2D eigenvalue weighted by Crippen LogP contribution is -2.47. The van der Waals surface area contributed by atoms with Crippen molar-refractivity contribution in [3.05, 3.63) is 109 Å². The van der Waals surface area contributed by atoms with Gasteiger partial charge in [0.25, 0.3) is 11.7 Å². The average Bonchev–Trinajstić information content (AvgIpc) is 4.18. The first kappa shape index (κ1) is 53.9. The number of halogens is 1. The molecular weight excluding hydrogens is 978 g/mol. The van der Waals surface area contributed by atoms with Crippen LogP contribution in [0.5, 0.6) is 11.5 Å². The number of rotatable bonds is 7. The highest BCUT2D eigenvalue weighted by molar-refractivity contribution is 6.22. The van der Waals surface area contributed by atoms with E-state index in [1.807, 2.05) is 0 Å². The van der Waals surface area contributed by atoms with E-state index in [9.17, 15) is 54.4 Å². The van der Waals surface area contributed by atoms with Crippen LogP contribution >= 0.6 is 0 Å². The second kappa shape index (κ2) is 20.7. The third-order valence-electron chi connectivity index (χ3n) is 15.3. The van der Waals surface area contributed by atoms with Crippen molar-refractivity contribution in [3.8, 4) is 11.5 Å². The number of ether oxygens (including phenoxy) is 4. The van der Waals surface area contributed by atoms with Gasteiger partial charge < -0.3 is 64.2 Å². The SMILES string of the molecule is CO[C@H]1/C=C/O[C@@]2(C)OC3=C(C)C(=O)c4c(O)c(c(N5CCN(c6cc7c(cc6F)c(=O)c(C(=O)O)cn7C6CC6)CC5)c(O)c4C3=C2N=O)NC(=O)/C(C)=C\C=C\[C@H](C)[C@H](O)[C@@H](C)[C@@H](O)[C@@H](C)[C@H](OC(C)=O)[C@@H]1C. The quantitative estimate of drug-likeness (QED) is 0.0614. The Bertz CT molecular complexity index is 3110. The van der Waals surface area contributed by atoms with Gasteiger partial charge in [-0.05, 0) is 50.1 Å². The zero-order valence-corrected chi connectivity index (χ0v) is 43.0. The van der Waals surface area contributed by atoms with Crippen molar-refractivity contribution in [3.63, 3.8) is 0 Å². The van der Waals surface area contributed by atoms with E-state index in [2.05, 4.69) is 10.5 Å². The molecule has 9 atom stereocenters. The Balaban J connectivity index is 1.24. The number of hydrogen-bond acceptors (Lipinski definition) is 17. The number of anilines is 3. The van der Waals surface area contributed by atoms with Crippen LogP contribution in [0.4, 0.5) is 21.5 Å². The molecule has 1 saturated carbocycles. The average molecular weight is 1040 g/mol. The minimum atomic E-state index is -2.08. The normalized spacial score (nSPS) is 29.3. The third-order valence-corrected chi connectivity index (χ3v) is 15.3. The number of Topliss-reactive ketones (excluding diaryl/α,β-unsaturated/α-hetero) is 1. The number of esters is 1. The molecule has 1 saturated heterocycles. The Hall–Kier alpha value is -7.36. The number of carboxylic acids is 1. The van der Waals surface area contributed by atoms with E-state index in [1.165, 1.54) is 71.6 Å². The van der Waals surface area contributed by atoms with Gasteiger partial charge in [-0.15, -0.1) is 4.91 Å². The molecule has 2 aromatic carbocycles. The molecule has 3 aromatic rings. The molecule has 6 N–H and O–H groups in total. The number of aromatic hydroxyl groups is 2. The zero-order valence-electron chi connectivity index (χ0n) is 43.0. The van der Waals surface area contributed by atoms with Crippen LogP contribution in [0.15, 0.2) is 81.5 Å². The fraction of sp³-hybridized carbons (Fsp3) is 0.463. The summed E-state index contributed by atoms with van der Waals surface area (Å²) in [7, 11) is 1.40. The highest BCUT2D eigenvalue weighted by Crippen LogP contribution is 2.58. The number of phenols is 2. The molecule has 0 unspecified atom stereocenters. The third kappa shape index (κ3) is 9.68. The lowest BCUT2D eigenvalue weighted by molar-refractivity contribution is -0.160. The van der Waals surface area contributed by atoms with E-state index >= 15 is 4.39 Å². The van der Waals surface area contributed by atoms with Gasteiger partial charge >= 0.3 is 11.9 Å². The number of aromatic nitrogens is 1. The summed E-state index contributed by atoms with van der Waals surface area (Å²) < 4.78 is 41.8. The molecule has 400 valence electrons. The number of benzene rings is 2. The van der Waals surface area contributed by atoms with Crippen LogP contribution in [0.2, 0.25) is 0 Å². The number of phenolic OH excluding ortho intramolecular Hbond substituents is 2. The fourth-order valence-electron chi connectivity index (χ4n) is 10.7. The van der Waals surface area contributed by atoms with Crippen LogP contribution in [-0.4, -0.2) is 117 Å². The van der Waals surface area contributed by atoms with Gasteiger partial charge in [0.15, 0.2) is 17.2 Å². The number of fused-ring (bicyclic) bond motifs is 15. The lowest BCUT2D eigenvalue weighted by atomic mass is 9.78. The molecule has 21 heteroatoms. The van der Waals surface area contributed by atoms with Crippen LogP contribution < -0.4 is 20.5 Å². The van der Waals surface area contributed by atoms with Gasteiger partial charge in [0, 0.05) is 105 Å². The number of nitrogens with one attached hydrogen (secondary N) is 1. The van der Waals surface area contributed by atoms with Crippen molar-refractivity contribution in [1.82, 2.24) is 4.57 Å². The summed E-state index contributed by atoms with van der Waals surface area (Å²) in [4.78, 5) is 82.7. The highest BCUT2D eigenvalue weighted by Gasteiger charge is 2.52. The molecule has 0 spiro atoms. The Labute approximate surface area is 431 Å². The molecule has 4 aliphatic heterocycles. The van der Waals surface area contributed by atoms with Gasteiger partial charge in [0.2, 0.25) is 5.43 Å². The minimum absolute atomic E-state index is 0.00375. The smallest absolute Gasteiger partial charge is 0.341 e. The van der Waals surface area contributed by atoms with E-state index in [4.69, 9.17) is 18.9 Å². The molecule has 2 fully saturated rings. The largest absolute Gasteiger partial charge is 0.505 e. The van der Waals surface area contributed by atoms with E-state index in [-0.39, 0.29) is 82.7 Å². The maximum atomic E-state index is 16.2. The summed E-state index contributed by atoms with van der Waals surface area (Å²) in [6, 6.07) is 2.47. The van der Waals surface area contributed by atoms with Crippen LogP contribution in [0.1, 0.15) is 101 Å². The number of piperazine rings is 1. The molecule has 5 heterocycles. The first-order valence-corrected chi connectivity index (χ1v) is 24.8. The van der Waals surface area contributed by atoms with Gasteiger partial charge in [0.1, 0.15) is 40.4 Å². The first-order chi connectivity index (χ1) is 35.5. The summed E-state index contributed by atoms with van der Waals surface area (Å²) in [5.41, 5.74) is -2.82. The number of nitroso groups, excluding NO2 is 1. The van der Waals surface area contributed by atoms with Gasteiger partial charge in [0.05, 0.1) is 46.9 Å². The van der Waals surface area contributed by atoms with E-state index in [1.54, 1.807) is 48.1 Å². The van der Waals surface area contributed by atoms with Gasteiger partial charge in [-0.1, -0.05) is 45.9 Å². The lowest BCUT2D eigenvalue weighted by Gasteiger charge is -2.39. The summed E-state index contributed by atoms with van der Waals surface area (Å²) in [5.74, 6) is -10.9. The zero-order chi connectivity index (χ0) is 54.7. The molecule has 9 rings (SSSR count). The number of ketones is 1. The number of aliphatic hydroxyl groups excluding tert-OH is 2. The van der Waals surface area contributed by atoms with Crippen LogP contribution in [0.25, 0.3) is 16.5 Å². The number of methoxy groups -OCH3 is 1. The number of carbonyl (C=O) groups excluding carboxylic acids is 3. The van der Waals surface area contributed by atoms with Gasteiger partial charge in [-0.25, -0.2) is 9.18 Å². The van der Waals surface area contributed by atoms with Crippen molar-refractivity contribution < 1.29 is 68.0 Å². The predicted molar refractivity (Wildman–Crippen MR) is 274 cm³/mol. The first-order valence-electron chi connectivity index (χ1n) is 24.8. The summed E-state index contributed by atoms with van der Waals surface area (Å²) in [6.45, 7) is 12.3. The van der Waals surface area contributed by atoms with E-state index in [0.717, 1.165) is 18.9 Å². The van der Waals surface area contributed by atoms with Crippen molar-refractivity contribution >= 4 is 57.2 Å². The number of aliphatic hydroxyl groups is 2. The molecule has 6 aliphatic rings. The fourth-order valence-corrected chi connectivity index (χ4v) is 10.7. The van der Waals surface area contributed by atoms with Crippen LogP contribution in [0.3, 0.4) is 0 Å².